The van der Waals surface area contributed by atoms with Crippen molar-refractivity contribution in [3.63, 3.8) is 0 Å². The SMILES string of the molecule is COc1ccc(C[C@H]2NCCC2OC(=O)NCCNc2ccn[nH]2)cc1.O. The molecule has 2 aromatic rings. The van der Waals surface area contributed by atoms with E-state index in [1.165, 1.54) is 5.56 Å². The van der Waals surface area contributed by atoms with Crippen LogP contribution in [0.2, 0.25) is 0 Å². The maximum Gasteiger partial charge on any atom is 0.407 e. The molecule has 1 amide bonds. The number of aromatic nitrogens is 2. The zero-order chi connectivity index (χ0) is 18.2. The highest BCUT2D eigenvalue weighted by molar-refractivity contribution is 5.67. The van der Waals surface area contributed by atoms with Crippen molar-refractivity contribution in [2.24, 2.45) is 0 Å². The lowest BCUT2D eigenvalue weighted by Crippen LogP contribution is -2.39. The molecule has 1 unspecified atom stereocenters. The first-order valence-corrected chi connectivity index (χ1v) is 8.78. The zero-order valence-corrected chi connectivity index (χ0v) is 15.3. The van der Waals surface area contributed by atoms with E-state index < -0.39 is 0 Å². The first kappa shape index (κ1) is 20.5. The van der Waals surface area contributed by atoms with E-state index in [-0.39, 0.29) is 23.7 Å². The van der Waals surface area contributed by atoms with Crippen LogP contribution in [0.5, 0.6) is 5.75 Å². The van der Waals surface area contributed by atoms with Crippen LogP contribution in [0.4, 0.5) is 10.6 Å². The molecule has 9 nitrogen and oxygen atoms in total. The zero-order valence-electron chi connectivity index (χ0n) is 15.3. The van der Waals surface area contributed by atoms with E-state index in [1.54, 1.807) is 13.3 Å². The number of alkyl carbamates (subject to hydrolysis) is 1. The average molecular weight is 377 g/mol. The van der Waals surface area contributed by atoms with Crippen LogP contribution < -0.4 is 20.7 Å². The van der Waals surface area contributed by atoms with Gasteiger partial charge in [0, 0.05) is 19.1 Å². The number of methoxy groups -OCH3 is 1. The molecule has 0 aliphatic carbocycles. The molecular weight excluding hydrogens is 350 g/mol. The minimum atomic E-state index is -0.384. The minimum absolute atomic E-state index is 0. The Morgan fingerprint density at radius 2 is 2.07 bits per heavy atom. The first-order chi connectivity index (χ1) is 12.7. The number of ether oxygens (including phenoxy) is 2. The van der Waals surface area contributed by atoms with E-state index in [0.29, 0.717) is 13.1 Å². The summed E-state index contributed by atoms with van der Waals surface area (Å²) >= 11 is 0. The summed E-state index contributed by atoms with van der Waals surface area (Å²) in [6.07, 6.45) is 2.78. The molecule has 1 aromatic heterocycles. The van der Waals surface area contributed by atoms with E-state index in [0.717, 1.165) is 31.0 Å². The first-order valence-electron chi connectivity index (χ1n) is 8.78. The Balaban J connectivity index is 0.00000261. The molecule has 2 atom stereocenters. The molecule has 0 spiro atoms. The molecule has 1 saturated heterocycles. The lowest BCUT2D eigenvalue weighted by atomic mass is 10.0. The van der Waals surface area contributed by atoms with E-state index in [4.69, 9.17) is 9.47 Å². The number of nitrogens with zero attached hydrogens (tertiary/aromatic N) is 1. The van der Waals surface area contributed by atoms with Gasteiger partial charge in [-0.3, -0.25) is 5.10 Å². The van der Waals surface area contributed by atoms with Crippen LogP contribution >= 0.6 is 0 Å². The van der Waals surface area contributed by atoms with Gasteiger partial charge in [-0.2, -0.15) is 5.10 Å². The van der Waals surface area contributed by atoms with Crippen LogP contribution in [0.3, 0.4) is 0 Å². The Bertz CT molecular complexity index is 678. The van der Waals surface area contributed by atoms with Gasteiger partial charge in [-0.1, -0.05) is 12.1 Å². The third kappa shape index (κ3) is 6.15. The van der Waals surface area contributed by atoms with Gasteiger partial charge >= 0.3 is 6.09 Å². The smallest absolute Gasteiger partial charge is 0.407 e. The topological polar surface area (TPSA) is 132 Å². The van der Waals surface area contributed by atoms with Crippen molar-refractivity contribution in [2.75, 3.05) is 32.1 Å². The highest BCUT2D eigenvalue weighted by Gasteiger charge is 2.30. The molecule has 0 saturated carbocycles. The number of carbonyl (C=O) groups is 1. The number of H-pyrrole nitrogens is 1. The highest BCUT2D eigenvalue weighted by atomic mass is 16.6. The normalized spacial score (nSPS) is 18.4. The highest BCUT2D eigenvalue weighted by Crippen LogP contribution is 2.18. The standard InChI is InChI=1S/C18H25N5O3.H2O/c1-25-14-4-2-13(3-5-14)12-15-16(6-8-19-15)26-18(24)21-11-10-20-17-7-9-22-23-17;/h2-5,7,9,15-16,19H,6,8,10-12H2,1H3,(H,21,24)(H2,20,22,23);1H2/t15-,16?;/m1./s1. The molecule has 148 valence electrons. The summed E-state index contributed by atoms with van der Waals surface area (Å²) in [4.78, 5) is 12.0. The van der Waals surface area contributed by atoms with Gasteiger partial charge in [-0.05, 0) is 43.1 Å². The second kappa shape index (κ2) is 10.4. The molecule has 6 N–H and O–H groups in total. The molecule has 9 heteroatoms. The maximum atomic E-state index is 12.0. The number of benzene rings is 1. The Labute approximate surface area is 158 Å². The van der Waals surface area contributed by atoms with E-state index >= 15 is 0 Å². The summed E-state index contributed by atoms with van der Waals surface area (Å²) in [6, 6.07) is 9.91. The third-order valence-electron chi connectivity index (χ3n) is 4.37. The fourth-order valence-corrected chi connectivity index (χ4v) is 3.00. The Kier molecular flexibility index (Phi) is 7.90. The molecule has 1 aliphatic heterocycles. The number of nitrogens with one attached hydrogen (secondary N) is 4. The van der Waals surface area contributed by atoms with Gasteiger partial charge in [0.15, 0.2) is 0 Å². The number of anilines is 1. The van der Waals surface area contributed by atoms with Gasteiger partial charge in [0.1, 0.15) is 17.7 Å². The predicted molar refractivity (Wildman–Crippen MR) is 102 cm³/mol. The van der Waals surface area contributed by atoms with Crippen molar-refractivity contribution in [2.45, 2.75) is 25.0 Å². The number of rotatable bonds is 8. The summed E-state index contributed by atoms with van der Waals surface area (Å²) in [5.41, 5.74) is 1.18. The number of aromatic amines is 1. The van der Waals surface area contributed by atoms with Gasteiger partial charge in [0.2, 0.25) is 0 Å². The lowest BCUT2D eigenvalue weighted by Gasteiger charge is -2.20. The quantitative estimate of drug-likeness (QED) is 0.501. The number of amides is 1. The molecule has 0 radical (unpaired) electrons. The van der Waals surface area contributed by atoms with Gasteiger partial charge in [0.05, 0.1) is 13.3 Å². The minimum Gasteiger partial charge on any atom is -0.497 e. The fraction of sp³-hybridized carbons (Fsp3) is 0.444. The largest absolute Gasteiger partial charge is 0.497 e. The molecular formula is C18H27N5O4. The second-order valence-electron chi connectivity index (χ2n) is 6.17. The Hall–Kier alpha value is -2.78. The lowest BCUT2D eigenvalue weighted by molar-refractivity contribution is 0.0904. The van der Waals surface area contributed by atoms with Gasteiger partial charge < -0.3 is 30.9 Å². The van der Waals surface area contributed by atoms with Crippen LogP contribution in [-0.4, -0.2) is 60.7 Å². The van der Waals surface area contributed by atoms with Crippen molar-refractivity contribution in [1.82, 2.24) is 20.8 Å². The molecule has 0 bridgehead atoms. The monoisotopic (exact) mass is 377 g/mol. The van der Waals surface area contributed by atoms with E-state index in [1.807, 2.05) is 30.3 Å². The Morgan fingerprint density at radius 1 is 1.26 bits per heavy atom. The molecule has 27 heavy (non-hydrogen) atoms. The summed E-state index contributed by atoms with van der Waals surface area (Å²) in [5, 5.41) is 15.9. The van der Waals surface area contributed by atoms with Crippen LogP contribution in [0, 0.1) is 0 Å². The van der Waals surface area contributed by atoms with Gasteiger partial charge in [-0.15, -0.1) is 0 Å². The predicted octanol–water partition coefficient (Wildman–Crippen LogP) is 0.705. The van der Waals surface area contributed by atoms with Crippen molar-refractivity contribution >= 4 is 11.9 Å². The molecule has 1 fully saturated rings. The average Bonchev–Trinajstić information content (AvgIpc) is 3.32. The van der Waals surface area contributed by atoms with Crippen LogP contribution in [0.25, 0.3) is 0 Å². The van der Waals surface area contributed by atoms with Gasteiger partial charge in [-0.25, -0.2) is 4.79 Å². The van der Waals surface area contributed by atoms with Crippen LogP contribution in [-0.2, 0) is 11.2 Å². The third-order valence-corrected chi connectivity index (χ3v) is 4.37. The van der Waals surface area contributed by atoms with Crippen LogP contribution in [0.1, 0.15) is 12.0 Å². The molecule has 3 rings (SSSR count). The van der Waals surface area contributed by atoms with Crippen molar-refractivity contribution < 1.29 is 19.7 Å². The van der Waals surface area contributed by atoms with Gasteiger partial charge in [0.25, 0.3) is 0 Å². The molecule has 2 heterocycles. The summed E-state index contributed by atoms with van der Waals surface area (Å²) in [7, 11) is 1.65. The fourth-order valence-electron chi connectivity index (χ4n) is 3.00. The van der Waals surface area contributed by atoms with E-state index in [2.05, 4.69) is 26.1 Å². The maximum absolute atomic E-state index is 12.0. The van der Waals surface area contributed by atoms with Crippen molar-refractivity contribution in [1.29, 1.82) is 0 Å². The van der Waals surface area contributed by atoms with E-state index in [9.17, 15) is 4.79 Å². The second-order valence-corrected chi connectivity index (χ2v) is 6.17. The summed E-state index contributed by atoms with van der Waals surface area (Å²) < 4.78 is 10.8. The summed E-state index contributed by atoms with van der Waals surface area (Å²) in [5.74, 6) is 1.66. The molecule has 1 aliphatic rings. The van der Waals surface area contributed by atoms with Crippen LogP contribution in [0.15, 0.2) is 36.5 Å². The number of hydrogen-bond acceptors (Lipinski definition) is 6. The molecule has 1 aromatic carbocycles. The van der Waals surface area contributed by atoms with Crippen molar-refractivity contribution in [3.05, 3.63) is 42.1 Å². The number of hydrogen-bond donors (Lipinski definition) is 4. The number of carbonyl (C=O) groups excluding carboxylic acids is 1. The van der Waals surface area contributed by atoms with Crippen molar-refractivity contribution in [3.8, 4) is 5.75 Å². The summed E-state index contributed by atoms with van der Waals surface area (Å²) in [6.45, 7) is 1.91. The Morgan fingerprint density at radius 3 is 2.78 bits per heavy atom.